The molecule has 0 saturated carbocycles. The maximum atomic E-state index is 12.4. The SMILES string of the molecule is Cc1ccc(CC2OC(=O)c3cc(C4CCNCC4)ccc32)c(C)c1.Cl. The normalized spacial score (nSPS) is 19.6. The van der Waals surface area contributed by atoms with Gasteiger partial charge < -0.3 is 10.1 Å². The Morgan fingerprint density at radius 1 is 1.08 bits per heavy atom. The number of benzene rings is 2. The number of fused-ring (bicyclic) bond motifs is 1. The summed E-state index contributed by atoms with van der Waals surface area (Å²) in [6.07, 6.45) is 2.86. The van der Waals surface area contributed by atoms with E-state index in [1.54, 1.807) is 0 Å². The molecular weight excluding hydrogens is 346 g/mol. The van der Waals surface area contributed by atoms with Gasteiger partial charge in [-0.05, 0) is 68.5 Å². The molecule has 3 nitrogen and oxygen atoms in total. The van der Waals surface area contributed by atoms with Gasteiger partial charge in [-0.3, -0.25) is 0 Å². The highest BCUT2D eigenvalue weighted by atomic mass is 35.5. The molecule has 2 aliphatic heterocycles. The minimum Gasteiger partial charge on any atom is -0.454 e. The number of rotatable bonds is 3. The second-order valence-corrected chi connectivity index (χ2v) is 7.40. The average Bonchev–Trinajstić information content (AvgIpc) is 2.93. The number of piperidine rings is 1. The van der Waals surface area contributed by atoms with Crippen molar-refractivity contribution in [2.45, 2.75) is 45.1 Å². The maximum Gasteiger partial charge on any atom is 0.339 e. The molecule has 2 heterocycles. The third-order valence-corrected chi connectivity index (χ3v) is 5.61. The Hall–Kier alpha value is -1.84. The van der Waals surface area contributed by atoms with E-state index in [-0.39, 0.29) is 24.5 Å². The number of cyclic esters (lactones) is 1. The van der Waals surface area contributed by atoms with Gasteiger partial charge >= 0.3 is 5.97 Å². The van der Waals surface area contributed by atoms with E-state index in [0.29, 0.717) is 5.92 Å². The third-order valence-electron chi connectivity index (χ3n) is 5.61. The fourth-order valence-corrected chi connectivity index (χ4v) is 4.12. The summed E-state index contributed by atoms with van der Waals surface area (Å²) < 4.78 is 5.71. The zero-order chi connectivity index (χ0) is 17.4. The van der Waals surface area contributed by atoms with Crippen molar-refractivity contribution in [1.82, 2.24) is 5.32 Å². The second-order valence-electron chi connectivity index (χ2n) is 7.40. The van der Waals surface area contributed by atoms with Gasteiger partial charge in [0.1, 0.15) is 6.10 Å². The van der Waals surface area contributed by atoms with Gasteiger partial charge in [0, 0.05) is 12.0 Å². The van der Waals surface area contributed by atoms with Crippen LogP contribution < -0.4 is 5.32 Å². The molecule has 0 bridgehead atoms. The second kappa shape index (κ2) is 7.81. The first kappa shape index (κ1) is 18.9. The standard InChI is InChI=1S/C22H25NO2.ClH/c1-14-3-4-17(15(2)11-14)13-21-19-6-5-18(12-20(19)22(24)25-21)16-7-9-23-10-8-16;/h3-6,11-12,16,21,23H,7-10,13H2,1-2H3;1H. The Bertz CT molecular complexity index is 812. The van der Waals surface area contributed by atoms with Gasteiger partial charge in [-0.1, -0.05) is 35.9 Å². The first-order valence-corrected chi connectivity index (χ1v) is 9.23. The number of carbonyl (C=O) groups is 1. The highest BCUT2D eigenvalue weighted by Crippen LogP contribution is 2.36. The Morgan fingerprint density at radius 2 is 1.85 bits per heavy atom. The minimum atomic E-state index is -0.166. The van der Waals surface area contributed by atoms with Crippen LogP contribution in [0.2, 0.25) is 0 Å². The molecule has 4 rings (SSSR count). The van der Waals surface area contributed by atoms with Crippen LogP contribution in [-0.2, 0) is 11.2 Å². The fraction of sp³-hybridized carbons (Fsp3) is 0.409. The van der Waals surface area contributed by atoms with Crippen LogP contribution in [-0.4, -0.2) is 19.1 Å². The summed E-state index contributed by atoms with van der Waals surface area (Å²) in [4.78, 5) is 12.4. The third kappa shape index (κ3) is 3.65. The summed E-state index contributed by atoms with van der Waals surface area (Å²) >= 11 is 0. The van der Waals surface area contributed by atoms with Crippen molar-refractivity contribution < 1.29 is 9.53 Å². The molecular formula is C22H26ClNO2. The summed E-state index contributed by atoms with van der Waals surface area (Å²) in [6.45, 7) is 6.34. The van der Waals surface area contributed by atoms with Gasteiger partial charge in [0.25, 0.3) is 0 Å². The number of halogens is 1. The van der Waals surface area contributed by atoms with Gasteiger partial charge in [0.05, 0.1) is 5.56 Å². The van der Waals surface area contributed by atoms with Crippen molar-refractivity contribution in [3.63, 3.8) is 0 Å². The molecule has 4 heteroatoms. The summed E-state index contributed by atoms with van der Waals surface area (Å²) in [7, 11) is 0. The fourth-order valence-electron chi connectivity index (χ4n) is 4.12. The molecule has 2 aliphatic rings. The number of hydrogen-bond donors (Lipinski definition) is 1. The molecule has 0 aliphatic carbocycles. The van der Waals surface area contributed by atoms with E-state index in [0.717, 1.165) is 43.5 Å². The molecule has 0 radical (unpaired) electrons. The zero-order valence-corrected chi connectivity index (χ0v) is 16.2. The Balaban J connectivity index is 0.00000196. The van der Waals surface area contributed by atoms with Crippen molar-refractivity contribution in [1.29, 1.82) is 0 Å². The van der Waals surface area contributed by atoms with E-state index in [2.05, 4.69) is 55.6 Å². The van der Waals surface area contributed by atoms with Crippen LogP contribution in [0.3, 0.4) is 0 Å². The molecule has 1 atom stereocenters. The predicted molar refractivity (Wildman–Crippen MR) is 106 cm³/mol. The molecule has 2 aromatic carbocycles. The summed E-state index contributed by atoms with van der Waals surface area (Å²) in [5.41, 5.74) is 6.86. The number of nitrogens with one attached hydrogen (secondary N) is 1. The highest BCUT2D eigenvalue weighted by molar-refractivity contribution is 5.94. The van der Waals surface area contributed by atoms with Crippen molar-refractivity contribution in [2.75, 3.05) is 13.1 Å². The lowest BCUT2D eigenvalue weighted by molar-refractivity contribution is 0.0386. The molecule has 1 N–H and O–H groups in total. The molecule has 0 spiro atoms. The average molecular weight is 372 g/mol. The molecule has 0 amide bonds. The van der Waals surface area contributed by atoms with Gasteiger partial charge in [0.15, 0.2) is 0 Å². The van der Waals surface area contributed by atoms with Crippen LogP contribution >= 0.6 is 12.4 Å². The number of ether oxygens (including phenoxy) is 1. The van der Waals surface area contributed by atoms with Crippen molar-refractivity contribution in [2.24, 2.45) is 0 Å². The summed E-state index contributed by atoms with van der Waals surface area (Å²) in [5.74, 6) is 0.387. The van der Waals surface area contributed by atoms with E-state index < -0.39 is 0 Å². The minimum absolute atomic E-state index is 0. The quantitative estimate of drug-likeness (QED) is 0.798. The molecule has 2 aromatic rings. The summed E-state index contributed by atoms with van der Waals surface area (Å²) in [5, 5.41) is 3.40. The molecule has 1 saturated heterocycles. The van der Waals surface area contributed by atoms with Crippen LogP contribution in [0.25, 0.3) is 0 Å². The van der Waals surface area contributed by atoms with E-state index in [9.17, 15) is 4.79 Å². The van der Waals surface area contributed by atoms with Crippen LogP contribution in [0.4, 0.5) is 0 Å². The smallest absolute Gasteiger partial charge is 0.339 e. The number of carbonyl (C=O) groups excluding carboxylic acids is 1. The predicted octanol–water partition coefficient (Wildman–Crippen LogP) is 4.65. The lowest BCUT2D eigenvalue weighted by Gasteiger charge is -2.23. The van der Waals surface area contributed by atoms with E-state index in [1.807, 2.05) is 0 Å². The van der Waals surface area contributed by atoms with E-state index in [1.165, 1.54) is 22.3 Å². The van der Waals surface area contributed by atoms with Crippen LogP contribution in [0.15, 0.2) is 36.4 Å². The van der Waals surface area contributed by atoms with E-state index in [4.69, 9.17) is 4.74 Å². The summed E-state index contributed by atoms with van der Waals surface area (Å²) in [6, 6.07) is 12.9. The number of esters is 1. The Morgan fingerprint density at radius 3 is 2.58 bits per heavy atom. The maximum absolute atomic E-state index is 12.4. The molecule has 1 unspecified atom stereocenters. The Labute approximate surface area is 161 Å². The van der Waals surface area contributed by atoms with Gasteiger partial charge in [0.2, 0.25) is 0 Å². The van der Waals surface area contributed by atoms with E-state index >= 15 is 0 Å². The van der Waals surface area contributed by atoms with Crippen LogP contribution in [0.5, 0.6) is 0 Å². The lowest BCUT2D eigenvalue weighted by atomic mass is 9.87. The number of aryl methyl sites for hydroxylation is 2. The molecule has 0 aromatic heterocycles. The first-order valence-electron chi connectivity index (χ1n) is 9.23. The monoisotopic (exact) mass is 371 g/mol. The topological polar surface area (TPSA) is 38.3 Å². The number of hydrogen-bond acceptors (Lipinski definition) is 3. The molecule has 1 fully saturated rings. The highest BCUT2D eigenvalue weighted by Gasteiger charge is 2.32. The first-order chi connectivity index (χ1) is 12.1. The lowest BCUT2D eigenvalue weighted by Crippen LogP contribution is -2.26. The van der Waals surface area contributed by atoms with Crippen LogP contribution in [0.1, 0.15) is 63.0 Å². The van der Waals surface area contributed by atoms with Crippen molar-refractivity contribution >= 4 is 18.4 Å². The van der Waals surface area contributed by atoms with Crippen molar-refractivity contribution in [3.05, 3.63) is 69.8 Å². The molecule has 26 heavy (non-hydrogen) atoms. The largest absolute Gasteiger partial charge is 0.454 e. The zero-order valence-electron chi connectivity index (χ0n) is 15.4. The van der Waals surface area contributed by atoms with Gasteiger partial charge in [-0.25, -0.2) is 4.79 Å². The van der Waals surface area contributed by atoms with Gasteiger partial charge in [-0.15, -0.1) is 12.4 Å². The van der Waals surface area contributed by atoms with Crippen molar-refractivity contribution in [3.8, 4) is 0 Å². The van der Waals surface area contributed by atoms with Crippen LogP contribution in [0, 0.1) is 13.8 Å². The Kier molecular flexibility index (Phi) is 5.69. The van der Waals surface area contributed by atoms with Gasteiger partial charge in [-0.2, -0.15) is 0 Å². The molecule has 138 valence electrons.